The van der Waals surface area contributed by atoms with E-state index in [1.54, 1.807) is 0 Å². The monoisotopic (exact) mass is 354 g/mol. The molecule has 0 aliphatic rings. The van der Waals surface area contributed by atoms with E-state index in [4.69, 9.17) is 0 Å². The summed E-state index contributed by atoms with van der Waals surface area (Å²) in [6.45, 7) is 8.34. The molecule has 0 fully saturated rings. The Morgan fingerprint density at radius 1 is 1.17 bits per heavy atom. The van der Waals surface area contributed by atoms with Gasteiger partial charge in [0.15, 0.2) is 0 Å². The van der Waals surface area contributed by atoms with Gasteiger partial charge in [0.25, 0.3) is 0 Å². The van der Waals surface area contributed by atoms with Crippen LogP contribution in [0.2, 0.25) is 0 Å². The van der Waals surface area contributed by atoms with Crippen LogP contribution in [0.5, 0.6) is 0 Å². The van der Waals surface area contributed by atoms with Crippen molar-refractivity contribution in [3.8, 4) is 0 Å². The van der Waals surface area contributed by atoms with Gasteiger partial charge >= 0.3 is 0 Å². The summed E-state index contributed by atoms with van der Waals surface area (Å²) in [6.07, 6.45) is 3.83. The molecule has 1 aromatic carbocycles. The summed E-state index contributed by atoms with van der Waals surface area (Å²) in [5.74, 6) is -0.0164. The number of benzene rings is 1. The van der Waals surface area contributed by atoms with Crippen molar-refractivity contribution < 1.29 is 13.2 Å². The van der Waals surface area contributed by atoms with E-state index in [1.165, 1.54) is 10.6 Å². The van der Waals surface area contributed by atoms with Crippen molar-refractivity contribution in [2.75, 3.05) is 17.1 Å². The minimum absolute atomic E-state index is 0.0164. The molecule has 24 heavy (non-hydrogen) atoms. The molecule has 136 valence electrons. The summed E-state index contributed by atoms with van der Waals surface area (Å²) in [4.78, 5) is 12.0. The first-order chi connectivity index (χ1) is 11.2. The molecule has 1 aromatic rings. The summed E-state index contributed by atoms with van der Waals surface area (Å²) >= 11 is 0. The van der Waals surface area contributed by atoms with Crippen molar-refractivity contribution in [2.24, 2.45) is 0 Å². The van der Waals surface area contributed by atoms with E-state index in [0.29, 0.717) is 25.1 Å². The molecule has 0 aliphatic heterocycles. The Bertz CT molecular complexity index is 652. The van der Waals surface area contributed by atoms with Gasteiger partial charge in [0.1, 0.15) is 0 Å². The summed E-state index contributed by atoms with van der Waals surface area (Å²) in [7, 11) is -3.38. The molecule has 0 saturated carbocycles. The second-order valence-corrected chi connectivity index (χ2v) is 8.19. The number of hydrogen-bond acceptors (Lipinski definition) is 3. The molecule has 0 spiro atoms. The van der Waals surface area contributed by atoms with Crippen LogP contribution >= 0.6 is 0 Å². The van der Waals surface area contributed by atoms with Gasteiger partial charge in [-0.15, -0.1) is 0 Å². The number of nitrogens with one attached hydrogen (secondary N) is 1. The first-order valence-electron chi connectivity index (χ1n) is 8.53. The van der Waals surface area contributed by atoms with E-state index < -0.39 is 10.0 Å². The Morgan fingerprint density at radius 2 is 1.79 bits per heavy atom. The number of nitrogens with zero attached hydrogens (tertiary/aromatic N) is 1. The number of hydrogen-bond donors (Lipinski definition) is 1. The minimum Gasteiger partial charge on any atom is -0.353 e. The van der Waals surface area contributed by atoms with Crippen LogP contribution < -0.4 is 9.62 Å². The number of aryl methyl sites for hydroxylation is 2. The lowest BCUT2D eigenvalue weighted by Gasteiger charge is -2.23. The largest absolute Gasteiger partial charge is 0.353 e. The van der Waals surface area contributed by atoms with Crippen molar-refractivity contribution in [3.63, 3.8) is 0 Å². The Labute approximate surface area is 146 Å². The van der Waals surface area contributed by atoms with Crippen LogP contribution in [0.4, 0.5) is 5.69 Å². The van der Waals surface area contributed by atoms with Gasteiger partial charge < -0.3 is 5.32 Å². The number of carbonyl (C=O) groups is 1. The first kappa shape index (κ1) is 20.5. The molecule has 0 saturated heterocycles. The van der Waals surface area contributed by atoms with Gasteiger partial charge in [-0.2, -0.15) is 0 Å². The highest BCUT2D eigenvalue weighted by molar-refractivity contribution is 7.92. The van der Waals surface area contributed by atoms with Crippen LogP contribution in [0, 0.1) is 13.8 Å². The van der Waals surface area contributed by atoms with E-state index in [2.05, 4.69) is 5.32 Å². The lowest BCUT2D eigenvalue weighted by atomic mass is 10.1. The lowest BCUT2D eigenvalue weighted by Crippen LogP contribution is -2.35. The topological polar surface area (TPSA) is 66.5 Å². The highest BCUT2D eigenvalue weighted by atomic mass is 32.2. The fourth-order valence-electron chi connectivity index (χ4n) is 2.54. The van der Waals surface area contributed by atoms with Crippen molar-refractivity contribution in [1.82, 2.24) is 5.32 Å². The standard InChI is InChI=1S/C18H30N2O3S/c1-6-16(7-2)19-18(21)9-8-12-20(24(5,22)23)17-11-10-14(3)15(4)13-17/h10-11,13,16H,6-9,12H2,1-5H3,(H,19,21). The molecule has 6 heteroatoms. The van der Waals surface area contributed by atoms with Gasteiger partial charge in [0.2, 0.25) is 15.9 Å². The second kappa shape index (κ2) is 9.06. The number of anilines is 1. The van der Waals surface area contributed by atoms with Crippen LogP contribution in [-0.4, -0.2) is 33.2 Å². The predicted molar refractivity (Wildman–Crippen MR) is 99.9 cm³/mol. The average molecular weight is 355 g/mol. The predicted octanol–water partition coefficient (Wildman–Crippen LogP) is 3.15. The Kier molecular flexibility index (Phi) is 7.73. The van der Waals surface area contributed by atoms with Crippen molar-refractivity contribution >= 4 is 21.6 Å². The number of carbonyl (C=O) groups excluding carboxylic acids is 1. The second-order valence-electron chi connectivity index (χ2n) is 6.29. The maximum atomic E-state index is 12.1. The van der Waals surface area contributed by atoms with Gasteiger partial charge in [-0.05, 0) is 56.4 Å². The molecule has 0 radical (unpaired) electrons. The van der Waals surface area contributed by atoms with E-state index in [1.807, 2.05) is 45.9 Å². The van der Waals surface area contributed by atoms with Gasteiger partial charge in [-0.1, -0.05) is 19.9 Å². The highest BCUT2D eigenvalue weighted by Crippen LogP contribution is 2.21. The molecule has 0 aromatic heterocycles. The molecule has 1 amide bonds. The third-order valence-electron chi connectivity index (χ3n) is 4.29. The molecular formula is C18H30N2O3S. The van der Waals surface area contributed by atoms with Crippen molar-refractivity contribution in [1.29, 1.82) is 0 Å². The molecule has 1 rings (SSSR count). The molecule has 5 nitrogen and oxygen atoms in total. The van der Waals surface area contributed by atoms with E-state index in [0.717, 1.165) is 24.0 Å². The Morgan fingerprint density at radius 3 is 2.29 bits per heavy atom. The van der Waals surface area contributed by atoms with Crippen LogP contribution in [-0.2, 0) is 14.8 Å². The summed E-state index contributed by atoms with van der Waals surface area (Å²) in [6, 6.07) is 5.81. The van der Waals surface area contributed by atoms with E-state index in [-0.39, 0.29) is 11.9 Å². The van der Waals surface area contributed by atoms with Gasteiger partial charge in [-0.25, -0.2) is 8.42 Å². The Hall–Kier alpha value is -1.56. The third kappa shape index (κ3) is 6.15. The first-order valence-corrected chi connectivity index (χ1v) is 10.4. The molecule has 0 aliphatic carbocycles. The fourth-order valence-corrected chi connectivity index (χ4v) is 3.50. The quantitative estimate of drug-likeness (QED) is 0.741. The molecule has 0 bridgehead atoms. The number of rotatable bonds is 9. The lowest BCUT2D eigenvalue weighted by molar-refractivity contribution is -0.121. The summed E-state index contributed by atoms with van der Waals surface area (Å²) < 4.78 is 25.6. The van der Waals surface area contributed by atoms with Crippen molar-refractivity contribution in [2.45, 2.75) is 59.4 Å². The van der Waals surface area contributed by atoms with Crippen LogP contribution in [0.25, 0.3) is 0 Å². The molecular weight excluding hydrogens is 324 g/mol. The normalized spacial score (nSPS) is 11.6. The minimum atomic E-state index is -3.38. The number of amides is 1. The highest BCUT2D eigenvalue weighted by Gasteiger charge is 2.18. The summed E-state index contributed by atoms with van der Waals surface area (Å²) in [5.41, 5.74) is 2.82. The molecule has 0 heterocycles. The van der Waals surface area contributed by atoms with Gasteiger partial charge in [0.05, 0.1) is 11.9 Å². The molecule has 0 atom stereocenters. The van der Waals surface area contributed by atoms with Crippen LogP contribution in [0.3, 0.4) is 0 Å². The van der Waals surface area contributed by atoms with E-state index >= 15 is 0 Å². The fraction of sp³-hybridized carbons (Fsp3) is 0.611. The molecule has 1 N–H and O–H groups in total. The zero-order chi connectivity index (χ0) is 18.3. The SMILES string of the molecule is CCC(CC)NC(=O)CCCN(c1ccc(C)c(C)c1)S(C)(=O)=O. The van der Waals surface area contributed by atoms with Gasteiger partial charge in [0, 0.05) is 19.0 Å². The maximum Gasteiger partial charge on any atom is 0.232 e. The van der Waals surface area contributed by atoms with Crippen molar-refractivity contribution in [3.05, 3.63) is 29.3 Å². The zero-order valence-corrected chi connectivity index (χ0v) is 16.2. The maximum absolute atomic E-state index is 12.1. The Balaban J connectivity index is 2.72. The molecule has 0 unspecified atom stereocenters. The van der Waals surface area contributed by atoms with Gasteiger partial charge in [-0.3, -0.25) is 9.10 Å². The zero-order valence-electron chi connectivity index (χ0n) is 15.4. The van der Waals surface area contributed by atoms with E-state index in [9.17, 15) is 13.2 Å². The van der Waals surface area contributed by atoms with Crippen LogP contribution in [0.1, 0.15) is 50.7 Å². The van der Waals surface area contributed by atoms with Crippen LogP contribution in [0.15, 0.2) is 18.2 Å². The number of sulfonamides is 1. The average Bonchev–Trinajstić information content (AvgIpc) is 2.51. The smallest absolute Gasteiger partial charge is 0.232 e. The summed E-state index contributed by atoms with van der Waals surface area (Å²) in [5, 5.41) is 2.98. The third-order valence-corrected chi connectivity index (χ3v) is 5.49.